The zero-order chi connectivity index (χ0) is 15.5. The number of fused-ring (bicyclic) bond motifs is 1. The number of pyridine rings is 2. The van der Waals surface area contributed by atoms with E-state index in [4.69, 9.17) is 0 Å². The number of hydrogen-bond donors (Lipinski definition) is 2. The summed E-state index contributed by atoms with van der Waals surface area (Å²) in [6, 6.07) is 6.39. The zero-order valence-electron chi connectivity index (χ0n) is 11.9. The molecule has 0 radical (unpaired) electrons. The van der Waals surface area contributed by atoms with Crippen molar-refractivity contribution in [1.29, 1.82) is 0 Å². The van der Waals surface area contributed by atoms with Crippen LogP contribution in [0, 0.1) is 5.95 Å². The molecule has 0 saturated carbocycles. The number of carbonyl (C=O) groups excluding carboxylic acids is 1. The van der Waals surface area contributed by atoms with Gasteiger partial charge in [-0.15, -0.1) is 0 Å². The van der Waals surface area contributed by atoms with Gasteiger partial charge in [0, 0.05) is 24.5 Å². The van der Waals surface area contributed by atoms with Gasteiger partial charge in [-0.3, -0.25) is 5.32 Å². The average Bonchev–Trinajstić information content (AvgIpc) is 2.89. The molecule has 2 amide bonds. The standard InChI is InChI=1S/C15H14FN5O/c1-2-17-15(22)20-13-9-21-6-5-10(7-14(21)19-13)11-3-4-12(16)18-8-11/h3-9H,2H2,1H3,(H2,17,20,22). The number of nitrogens with zero attached hydrogens (tertiary/aromatic N) is 3. The highest BCUT2D eigenvalue weighted by Crippen LogP contribution is 2.21. The summed E-state index contributed by atoms with van der Waals surface area (Å²) >= 11 is 0. The normalized spacial score (nSPS) is 10.6. The molecule has 6 nitrogen and oxygen atoms in total. The summed E-state index contributed by atoms with van der Waals surface area (Å²) in [7, 11) is 0. The van der Waals surface area contributed by atoms with E-state index in [9.17, 15) is 9.18 Å². The number of halogens is 1. The van der Waals surface area contributed by atoms with Crippen molar-refractivity contribution in [2.24, 2.45) is 0 Å². The van der Waals surface area contributed by atoms with E-state index in [1.54, 1.807) is 16.7 Å². The Balaban J connectivity index is 1.90. The fourth-order valence-corrected chi connectivity index (χ4v) is 2.09. The second kappa shape index (κ2) is 5.80. The number of rotatable bonds is 3. The third kappa shape index (κ3) is 2.88. The molecule has 0 unspecified atom stereocenters. The predicted molar refractivity (Wildman–Crippen MR) is 81.1 cm³/mol. The van der Waals surface area contributed by atoms with E-state index in [1.807, 2.05) is 25.3 Å². The highest BCUT2D eigenvalue weighted by Gasteiger charge is 2.07. The highest BCUT2D eigenvalue weighted by molar-refractivity contribution is 5.88. The number of imidazole rings is 1. The fourth-order valence-electron chi connectivity index (χ4n) is 2.09. The van der Waals surface area contributed by atoms with Crippen molar-refractivity contribution in [3.05, 3.63) is 48.8 Å². The van der Waals surface area contributed by atoms with E-state index in [-0.39, 0.29) is 6.03 Å². The van der Waals surface area contributed by atoms with Crippen LogP contribution in [-0.4, -0.2) is 26.9 Å². The maximum atomic E-state index is 12.9. The van der Waals surface area contributed by atoms with Crippen LogP contribution in [0.5, 0.6) is 0 Å². The van der Waals surface area contributed by atoms with Crippen molar-refractivity contribution >= 4 is 17.5 Å². The molecule has 2 N–H and O–H groups in total. The van der Waals surface area contributed by atoms with Gasteiger partial charge in [-0.05, 0) is 36.8 Å². The van der Waals surface area contributed by atoms with E-state index in [1.165, 1.54) is 12.3 Å². The second-order valence-corrected chi connectivity index (χ2v) is 4.66. The van der Waals surface area contributed by atoms with E-state index in [0.29, 0.717) is 18.0 Å². The Hall–Kier alpha value is -2.96. The minimum atomic E-state index is -0.515. The lowest BCUT2D eigenvalue weighted by molar-refractivity contribution is 0.252. The van der Waals surface area contributed by atoms with Gasteiger partial charge in [-0.1, -0.05) is 0 Å². The molecule has 0 aliphatic heterocycles. The summed E-state index contributed by atoms with van der Waals surface area (Å²) in [5, 5.41) is 5.29. The number of nitrogens with one attached hydrogen (secondary N) is 2. The van der Waals surface area contributed by atoms with E-state index < -0.39 is 5.95 Å². The van der Waals surface area contributed by atoms with E-state index >= 15 is 0 Å². The molecular formula is C15H14FN5O. The summed E-state index contributed by atoms with van der Waals surface area (Å²) in [5.74, 6) is -0.0561. The molecule has 0 fully saturated rings. The highest BCUT2D eigenvalue weighted by atomic mass is 19.1. The van der Waals surface area contributed by atoms with Crippen LogP contribution in [0.4, 0.5) is 15.0 Å². The van der Waals surface area contributed by atoms with Gasteiger partial charge in [-0.25, -0.2) is 14.8 Å². The number of hydrogen-bond acceptors (Lipinski definition) is 3. The van der Waals surface area contributed by atoms with Crippen LogP contribution in [-0.2, 0) is 0 Å². The van der Waals surface area contributed by atoms with E-state index in [2.05, 4.69) is 20.6 Å². The molecular weight excluding hydrogens is 285 g/mol. The van der Waals surface area contributed by atoms with Crippen LogP contribution in [0.1, 0.15) is 6.92 Å². The lowest BCUT2D eigenvalue weighted by atomic mass is 10.1. The van der Waals surface area contributed by atoms with Crippen molar-refractivity contribution in [3.8, 4) is 11.1 Å². The van der Waals surface area contributed by atoms with E-state index in [0.717, 1.165) is 11.1 Å². The number of urea groups is 1. The molecule has 112 valence electrons. The zero-order valence-corrected chi connectivity index (χ0v) is 11.9. The maximum absolute atomic E-state index is 12.9. The predicted octanol–water partition coefficient (Wildman–Crippen LogP) is 2.68. The van der Waals surface area contributed by atoms with Gasteiger partial charge in [-0.2, -0.15) is 4.39 Å². The first-order valence-electron chi connectivity index (χ1n) is 6.81. The molecule has 7 heteroatoms. The van der Waals surface area contributed by atoms with Crippen LogP contribution < -0.4 is 10.6 Å². The molecule has 3 rings (SSSR count). The summed E-state index contributed by atoms with van der Waals surface area (Å²) < 4.78 is 14.7. The minimum absolute atomic E-state index is 0.297. The van der Waals surface area contributed by atoms with Crippen LogP contribution in [0.3, 0.4) is 0 Å². The van der Waals surface area contributed by atoms with Crippen LogP contribution in [0.15, 0.2) is 42.9 Å². The SMILES string of the molecule is CCNC(=O)Nc1cn2ccc(-c3ccc(F)nc3)cc2n1. The summed E-state index contributed by atoms with van der Waals surface area (Å²) in [4.78, 5) is 19.5. The Bertz CT molecular complexity index is 812. The van der Waals surface area contributed by atoms with Gasteiger partial charge < -0.3 is 9.72 Å². The van der Waals surface area contributed by atoms with Crippen molar-refractivity contribution in [2.75, 3.05) is 11.9 Å². The summed E-state index contributed by atoms with van der Waals surface area (Å²) in [6.45, 7) is 2.38. The molecule has 3 aromatic rings. The molecule has 0 bridgehead atoms. The molecule has 22 heavy (non-hydrogen) atoms. The Kier molecular flexibility index (Phi) is 3.69. The molecule has 0 saturated heterocycles. The molecule has 3 aromatic heterocycles. The number of anilines is 1. The van der Waals surface area contributed by atoms with Gasteiger partial charge in [0.15, 0.2) is 5.82 Å². The van der Waals surface area contributed by atoms with Gasteiger partial charge in [0.25, 0.3) is 0 Å². The Morgan fingerprint density at radius 2 is 2.18 bits per heavy atom. The molecule has 0 atom stereocenters. The van der Waals surface area contributed by atoms with Gasteiger partial charge in [0.1, 0.15) is 5.65 Å². The smallest absolute Gasteiger partial charge is 0.320 e. The number of carbonyl (C=O) groups is 1. The van der Waals surface area contributed by atoms with Crippen molar-refractivity contribution < 1.29 is 9.18 Å². The quantitative estimate of drug-likeness (QED) is 0.730. The monoisotopic (exact) mass is 299 g/mol. The topological polar surface area (TPSA) is 71.3 Å². The maximum Gasteiger partial charge on any atom is 0.320 e. The third-order valence-electron chi connectivity index (χ3n) is 3.10. The van der Waals surface area contributed by atoms with Gasteiger partial charge in [0.05, 0.1) is 6.20 Å². The second-order valence-electron chi connectivity index (χ2n) is 4.66. The average molecular weight is 299 g/mol. The Morgan fingerprint density at radius 3 is 2.91 bits per heavy atom. The number of amides is 2. The Labute approximate surface area is 126 Å². The van der Waals surface area contributed by atoms with Crippen molar-refractivity contribution in [1.82, 2.24) is 19.7 Å². The van der Waals surface area contributed by atoms with Crippen LogP contribution in [0.25, 0.3) is 16.8 Å². The van der Waals surface area contributed by atoms with Gasteiger partial charge >= 0.3 is 6.03 Å². The van der Waals surface area contributed by atoms with Crippen LogP contribution >= 0.6 is 0 Å². The van der Waals surface area contributed by atoms with Crippen LogP contribution in [0.2, 0.25) is 0 Å². The minimum Gasteiger partial charge on any atom is -0.338 e. The molecule has 0 aliphatic rings. The largest absolute Gasteiger partial charge is 0.338 e. The molecule has 0 spiro atoms. The third-order valence-corrected chi connectivity index (χ3v) is 3.10. The first kappa shape index (κ1) is 14.0. The number of aromatic nitrogens is 3. The molecule has 3 heterocycles. The lowest BCUT2D eigenvalue weighted by Crippen LogP contribution is -2.28. The van der Waals surface area contributed by atoms with Crippen molar-refractivity contribution in [2.45, 2.75) is 6.92 Å². The fraction of sp³-hybridized carbons (Fsp3) is 0.133. The molecule has 0 aliphatic carbocycles. The lowest BCUT2D eigenvalue weighted by Gasteiger charge is -2.01. The van der Waals surface area contributed by atoms with Crippen molar-refractivity contribution in [3.63, 3.8) is 0 Å². The summed E-state index contributed by atoms with van der Waals surface area (Å²) in [6.07, 6.45) is 5.01. The molecule has 0 aromatic carbocycles. The van der Waals surface area contributed by atoms with Gasteiger partial charge in [0.2, 0.25) is 5.95 Å². The summed E-state index contributed by atoms with van der Waals surface area (Å²) in [5.41, 5.74) is 2.34. The Morgan fingerprint density at radius 1 is 1.32 bits per heavy atom. The first-order valence-corrected chi connectivity index (χ1v) is 6.81. The first-order chi connectivity index (χ1) is 10.7.